The minimum absolute atomic E-state index is 0.136. The van der Waals surface area contributed by atoms with E-state index in [4.69, 9.17) is 0 Å². The van der Waals surface area contributed by atoms with Crippen LogP contribution >= 0.6 is 11.3 Å². The lowest BCUT2D eigenvalue weighted by Gasteiger charge is -2.17. The Hall–Kier alpha value is -3.84. The van der Waals surface area contributed by atoms with Crippen molar-refractivity contribution in [1.82, 2.24) is 15.6 Å². The fourth-order valence-electron chi connectivity index (χ4n) is 3.65. The molecule has 4 aromatic rings. The number of hydrogen-bond acceptors (Lipinski definition) is 4. The van der Waals surface area contributed by atoms with E-state index in [1.165, 1.54) is 17.4 Å². The lowest BCUT2D eigenvalue weighted by Crippen LogP contribution is -2.30. The van der Waals surface area contributed by atoms with Crippen LogP contribution in [0.3, 0.4) is 0 Å². The Labute approximate surface area is 201 Å². The number of nitrogens with one attached hydrogen (secondary N) is 2. The van der Waals surface area contributed by atoms with E-state index in [1.54, 1.807) is 23.6 Å². The molecule has 0 spiro atoms. The summed E-state index contributed by atoms with van der Waals surface area (Å²) in [6, 6.07) is 25.7. The van der Waals surface area contributed by atoms with E-state index in [0.717, 1.165) is 11.1 Å². The van der Waals surface area contributed by atoms with E-state index < -0.39 is 5.92 Å². The van der Waals surface area contributed by atoms with Gasteiger partial charge in [-0.2, -0.15) is 0 Å². The van der Waals surface area contributed by atoms with Crippen LogP contribution < -0.4 is 10.6 Å². The SMILES string of the molecule is O=C(NCCc1ccccc1F)c1csc(CNC(=O)C(c2ccccc2)c2ccccc2)n1. The molecule has 2 N–H and O–H groups in total. The minimum Gasteiger partial charge on any atom is -0.350 e. The molecule has 7 heteroatoms. The first-order valence-electron chi connectivity index (χ1n) is 11.0. The van der Waals surface area contributed by atoms with E-state index in [1.807, 2.05) is 60.7 Å². The molecule has 0 aliphatic heterocycles. The Balaban J connectivity index is 1.34. The predicted molar refractivity (Wildman–Crippen MR) is 131 cm³/mol. The van der Waals surface area contributed by atoms with Crippen molar-refractivity contribution in [2.24, 2.45) is 0 Å². The van der Waals surface area contributed by atoms with Crippen LogP contribution in [0.5, 0.6) is 0 Å². The summed E-state index contributed by atoms with van der Waals surface area (Å²) in [7, 11) is 0. The maximum absolute atomic E-state index is 13.7. The van der Waals surface area contributed by atoms with Crippen LogP contribution in [0, 0.1) is 5.82 Å². The standard InChI is InChI=1S/C27H24FN3O2S/c28-22-14-8-7-9-19(22)15-16-29-26(32)23-18-34-24(31-23)17-30-27(33)25(20-10-3-1-4-11-20)21-12-5-2-6-13-21/h1-14,18,25H,15-17H2,(H,29,32)(H,30,33). The molecule has 0 aliphatic carbocycles. The number of carbonyl (C=O) groups is 2. The van der Waals surface area contributed by atoms with Gasteiger partial charge in [0.2, 0.25) is 5.91 Å². The Morgan fingerprint density at radius 1 is 0.853 bits per heavy atom. The third-order valence-corrected chi connectivity index (χ3v) is 6.21. The van der Waals surface area contributed by atoms with Gasteiger partial charge in [-0.3, -0.25) is 9.59 Å². The van der Waals surface area contributed by atoms with Crippen LogP contribution in [-0.4, -0.2) is 23.3 Å². The van der Waals surface area contributed by atoms with Gasteiger partial charge in [-0.15, -0.1) is 11.3 Å². The van der Waals surface area contributed by atoms with Crippen LogP contribution in [-0.2, 0) is 17.8 Å². The number of carbonyl (C=O) groups excluding carboxylic acids is 2. The third kappa shape index (κ3) is 5.94. The topological polar surface area (TPSA) is 71.1 Å². The van der Waals surface area contributed by atoms with Gasteiger partial charge in [-0.25, -0.2) is 9.37 Å². The minimum atomic E-state index is -0.441. The fourth-order valence-corrected chi connectivity index (χ4v) is 4.36. The maximum Gasteiger partial charge on any atom is 0.270 e. The normalized spacial score (nSPS) is 10.8. The van der Waals surface area contributed by atoms with Crippen molar-refractivity contribution in [2.75, 3.05) is 6.54 Å². The summed E-state index contributed by atoms with van der Waals surface area (Å²) in [5, 5.41) is 8.01. The number of thiazole rings is 1. The van der Waals surface area contributed by atoms with Crippen molar-refractivity contribution in [2.45, 2.75) is 18.9 Å². The molecule has 2 amide bonds. The second-order valence-electron chi connectivity index (χ2n) is 7.70. The second-order valence-corrected chi connectivity index (χ2v) is 8.64. The van der Waals surface area contributed by atoms with Crippen molar-refractivity contribution < 1.29 is 14.0 Å². The highest BCUT2D eigenvalue weighted by atomic mass is 32.1. The molecule has 1 aromatic heterocycles. The predicted octanol–water partition coefficient (Wildman–Crippen LogP) is 4.70. The summed E-state index contributed by atoms with van der Waals surface area (Å²) in [6.07, 6.45) is 0.395. The lowest BCUT2D eigenvalue weighted by atomic mass is 9.90. The zero-order valence-corrected chi connectivity index (χ0v) is 19.2. The summed E-state index contributed by atoms with van der Waals surface area (Å²) in [5.74, 6) is -1.18. The molecule has 0 saturated carbocycles. The van der Waals surface area contributed by atoms with E-state index >= 15 is 0 Å². The van der Waals surface area contributed by atoms with Gasteiger partial charge in [0.1, 0.15) is 16.5 Å². The van der Waals surface area contributed by atoms with Crippen molar-refractivity contribution in [1.29, 1.82) is 0 Å². The van der Waals surface area contributed by atoms with Crippen LogP contribution in [0.2, 0.25) is 0 Å². The van der Waals surface area contributed by atoms with Gasteiger partial charge in [0, 0.05) is 11.9 Å². The highest BCUT2D eigenvalue weighted by molar-refractivity contribution is 7.09. The molecule has 0 aliphatic rings. The molecule has 3 aromatic carbocycles. The lowest BCUT2D eigenvalue weighted by molar-refractivity contribution is -0.121. The van der Waals surface area contributed by atoms with Crippen molar-refractivity contribution in [3.05, 3.63) is 124 Å². The number of nitrogens with zero attached hydrogens (tertiary/aromatic N) is 1. The molecule has 4 rings (SSSR count). The number of benzene rings is 3. The molecule has 0 radical (unpaired) electrons. The average molecular weight is 474 g/mol. The van der Waals surface area contributed by atoms with Crippen LogP contribution in [0.4, 0.5) is 4.39 Å². The first-order valence-corrected chi connectivity index (χ1v) is 11.8. The van der Waals surface area contributed by atoms with E-state index in [9.17, 15) is 14.0 Å². The Morgan fingerprint density at radius 3 is 2.12 bits per heavy atom. The number of amides is 2. The van der Waals surface area contributed by atoms with Crippen LogP contribution in [0.25, 0.3) is 0 Å². The zero-order valence-electron chi connectivity index (χ0n) is 18.4. The summed E-state index contributed by atoms with van der Waals surface area (Å²) in [5.41, 5.74) is 2.64. The second kappa shape index (κ2) is 11.3. The molecule has 0 unspecified atom stereocenters. The molecule has 0 bridgehead atoms. The summed E-state index contributed by atoms with van der Waals surface area (Å²) >= 11 is 1.31. The number of halogens is 1. The van der Waals surface area contributed by atoms with Crippen LogP contribution in [0.15, 0.2) is 90.3 Å². The van der Waals surface area contributed by atoms with E-state index in [2.05, 4.69) is 15.6 Å². The Morgan fingerprint density at radius 2 is 1.47 bits per heavy atom. The molecule has 0 saturated heterocycles. The number of rotatable bonds is 9. The molecular weight excluding hydrogens is 449 g/mol. The zero-order chi connectivity index (χ0) is 23.8. The van der Waals surface area contributed by atoms with Gasteiger partial charge in [0.05, 0.1) is 12.5 Å². The molecule has 0 atom stereocenters. The fraction of sp³-hybridized carbons (Fsp3) is 0.148. The smallest absolute Gasteiger partial charge is 0.270 e. The first-order chi connectivity index (χ1) is 16.6. The van der Waals surface area contributed by atoms with Crippen molar-refractivity contribution in [3.63, 3.8) is 0 Å². The highest BCUT2D eigenvalue weighted by Crippen LogP contribution is 2.25. The first kappa shape index (κ1) is 23.3. The molecular formula is C27H24FN3O2S. The monoisotopic (exact) mass is 473 g/mol. The largest absolute Gasteiger partial charge is 0.350 e. The molecule has 1 heterocycles. The van der Waals surface area contributed by atoms with Gasteiger partial charge in [-0.1, -0.05) is 78.9 Å². The average Bonchev–Trinajstić information content (AvgIpc) is 3.35. The molecule has 34 heavy (non-hydrogen) atoms. The van der Waals surface area contributed by atoms with E-state index in [0.29, 0.717) is 23.5 Å². The highest BCUT2D eigenvalue weighted by Gasteiger charge is 2.22. The summed E-state index contributed by atoms with van der Waals surface area (Å²) in [6.45, 7) is 0.529. The van der Waals surface area contributed by atoms with Gasteiger partial charge in [0.15, 0.2) is 0 Å². The third-order valence-electron chi connectivity index (χ3n) is 5.36. The van der Waals surface area contributed by atoms with Crippen molar-refractivity contribution in [3.8, 4) is 0 Å². The van der Waals surface area contributed by atoms with Gasteiger partial charge >= 0.3 is 0 Å². The Kier molecular flexibility index (Phi) is 7.78. The molecule has 0 fully saturated rings. The Bertz CT molecular complexity index is 1210. The van der Waals surface area contributed by atoms with Gasteiger partial charge < -0.3 is 10.6 Å². The summed E-state index contributed by atoms with van der Waals surface area (Å²) < 4.78 is 13.7. The summed E-state index contributed by atoms with van der Waals surface area (Å²) in [4.78, 5) is 29.9. The molecule has 5 nitrogen and oxygen atoms in total. The van der Waals surface area contributed by atoms with Gasteiger partial charge in [0.25, 0.3) is 5.91 Å². The van der Waals surface area contributed by atoms with Crippen LogP contribution in [0.1, 0.15) is 38.1 Å². The van der Waals surface area contributed by atoms with Crippen molar-refractivity contribution >= 4 is 23.2 Å². The maximum atomic E-state index is 13.7. The van der Waals surface area contributed by atoms with E-state index in [-0.39, 0.29) is 29.9 Å². The quantitative estimate of drug-likeness (QED) is 0.370. The van der Waals surface area contributed by atoms with Gasteiger partial charge in [-0.05, 0) is 29.2 Å². The number of aromatic nitrogens is 1. The molecule has 172 valence electrons. The number of hydrogen-bond donors (Lipinski definition) is 2.